The Balaban J connectivity index is 0.00000529. The van der Waals surface area contributed by atoms with Gasteiger partial charge in [0.05, 0.1) is 30.6 Å². The number of nitrogens with two attached hydrogens (primary N) is 1. The third-order valence-electron chi connectivity index (χ3n) is 7.65. The number of methoxy groups -OCH3 is 1. The summed E-state index contributed by atoms with van der Waals surface area (Å²) in [5.74, 6) is -4.89. The first kappa shape index (κ1) is 34.5. The second-order valence-electron chi connectivity index (χ2n) is 10.8. The van der Waals surface area contributed by atoms with Crippen LogP contribution in [0.3, 0.4) is 0 Å². The number of carboxylic acid groups (broad SMARTS) is 2. The number of carboxylic acids is 2. The van der Waals surface area contributed by atoms with Crippen molar-refractivity contribution in [1.29, 1.82) is 0 Å². The van der Waals surface area contributed by atoms with Crippen molar-refractivity contribution in [3.05, 3.63) is 45.3 Å². The highest BCUT2D eigenvalue weighted by atomic mass is 35.5. The van der Waals surface area contributed by atoms with Gasteiger partial charge in [-0.25, -0.2) is 13.6 Å². The molecule has 12 nitrogen and oxygen atoms in total. The van der Waals surface area contributed by atoms with E-state index in [1.165, 1.54) is 13.3 Å². The molecule has 1 aromatic carbocycles. The van der Waals surface area contributed by atoms with E-state index in [9.17, 15) is 29.1 Å². The van der Waals surface area contributed by atoms with Crippen LogP contribution in [0.15, 0.2) is 28.5 Å². The van der Waals surface area contributed by atoms with Crippen LogP contribution in [0.4, 0.5) is 14.5 Å². The van der Waals surface area contributed by atoms with Gasteiger partial charge >= 0.3 is 11.9 Å². The molecular weight excluding hydrogens is 606 g/mol. The lowest BCUT2D eigenvalue weighted by atomic mass is 10.00. The molecule has 0 bridgehead atoms. The van der Waals surface area contributed by atoms with Gasteiger partial charge < -0.3 is 35.5 Å². The molecule has 4 rings (SSSR count). The molecule has 1 aliphatic heterocycles. The number of ketones is 1. The van der Waals surface area contributed by atoms with Crippen molar-refractivity contribution < 1.29 is 42.9 Å². The molecule has 2 aromatic rings. The normalized spacial score (nSPS) is 16.6. The molecule has 1 aliphatic carbocycles. The lowest BCUT2D eigenvalue weighted by Gasteiger charge is -2.33. The number of benzene rings is 1. The number of carbonyl (C=O) groups excluding carboxylic acids is 2. The van der Waals surface area contributed by atoms with Gasteiger partial charge in [0.2, 0.25) is 11.3 Å². The van der Waals surface area contributed by atoms with E-state index in [4.69, 9.17) is 15.6 Å². The molecule has 1 atom stereocenters. The fourth-order valence-electron chi connectivity index (χ4n) is 5.25. The zero-order chi connectivity index (χ0) is 31.4. The molecule has 1 aromatic heterocycles. The van der Waals surface area contributed by atoms with E-state index < -0.39 is 52.3 Å². The summed E-state index contributed by atoms with van der Waals surface area (Å²) in [6, 6.07) is -0.137. The summed E-state index contributed by atoms with van der Waals surface area (Å²) < 4.78 is 38.1. The Bertz CT molecular complexity index is 1560. The SMILES string of the molecule is COc1c(N2CCC/C(=C(\F)CCC(=O)CNC(=O)[C@@H](N)CCC(=O)O)C2)c(F)cc2c(=O)c(C(=O)O)cn(C3CC3)c12.Cl. The van der Waals surface area contributed by atoms with Gasteiger partial charge in [-0.2, -0.15) is 0 Å². The Hall–Kier alpha value is -4.04. The van der Waals surface area contributed by atoms with E-state index in [1.807, 2.05) is 0 Å². The van der Waals surface area contributed by atoms with Crippen molar-refractivity contribution in [2.45, 2.75) is 63.5 Å². The fourth-order valence-corrected chi connectivity index (χ4v) is 5.25. The number of aromatic nitrogens is 1. The first-order valence-corrected chi connectivity index (χ1v) is 14.0. The first-order chi connectivity index (χ1) is 20.4. The predicted octanol–water partition coefficient (Wildman–Crippen LogP) is 3.09. The number of carbonyl (C=O) groups is 4. The van der Waals surface area contributed by atoms with E-state index >= 15 is 8.78 Å². The van der Waals surface area contributed by atoms with Gasteiger partial charge in [0.15, 0.2) is 17.3 Å². The number of amides is 1. The third kappa shape index (κ3) is 7.72. The van der Waals surface area contributed by atoms with Crippen LogP contribution >= 0.6 is 12.4 Å². The molecule has 15 heteroatoms. The zero-order valence-electron chi connectivity index (χ0n) is 24.1. The van der Waals surface area contributed by atoms with Crippen LogP contribution in [0.5, 0.6) is 5.75 Å². The number of ether oxygens (including phenoxy) is 1. The summed E-state index contributed by atoms with van der Waals surface area (Å²) in [7, 11) is 1.33. The molecule has 1 saturated heterocycles. The van der Waals surface area contributed by atoms with Gasteiger partial charge in [0.1, 0.15) is 17.1 Å². The molecule has 0 unspecified atom stereocenters. The Morgan fingerprint density at radius 1 is 1.18 bits per heavy atom. The number of hydrogen-bond acceptors (Lipinski definition) is 8. The standard InChI is InChI=1S/C29H34F2N4O8.ClH/c1-43-27-24-18(26(39)19(29(41)42)14-35(24)16-4-5-16)11-21(31)25(27)34-10-2-3-15(13-34)20(30)7-6-17(36)12-33-28(40)22(32)8-9-23(37)38;/h11,14,16,22H,2-10,12-13,32H2,1H3,(H,33,40)(H,37,38)(H,41,42);1H/b20-15+;/t22-;/m0./s1. The minimum absolute atomic E-state index is 0. The number of pyridine rings is 1. The maximum atomic E-state index is 15.6. The first-order valence-electron chi connectivity index (χ1n) is 14.0. The maximum Gasteiger partial charge on any atom is 0.341 e. The van der Waals surface area contributed by atoms with Crippen molar-refractivity contribution >= 4 is 52.6 Å². The largest absolute Gasteiger partial charge is 0.492 e. The van der Waals surface area contributed by atoms with Crippen LogP contribution in [-0.4, -0.2) is 71.2 Å². The number of nitrogens with zero attached hydrogens (tertiary/aromatic N) is 2. The molecule has 2 fully saturated rings. The van der Waals surface area contributed by atoms with Crippen LogP contribution in [0.1, 0.15) is 67.8 Å². The summed E-state index contributed by atoms with van der Waals surface area (Å²) in [5, 5.41) is 20.4. The lowest BCUT2D eigenvalue weighted by Crippen LogP contribution is -2.42. The van der Waals surface area contributed by atoms with Crippen LogP contribution in [0.2, 0.25) is 0 Å². The van der Waals surface area contributed by atoms with Crippen molar-refractivity contribution in [3.63, 3.8) is 0 Å². The van der Waals surface area contributed by atoms with E-state index in [2.05, 4.69) is 5.32 Å². The van der Waals surface area contributed by atoms with Gasteiger partial charge in [0, 0.05) is 44.6 Å². The third-order valence-corrected chi connectivity index (χ3v) is 7.65. The van der Waals surface area contributed by atoms with Crippen LogP contribution in [0.25, 0.3) is 10.9 Å². The number of halogens is 3. The molecule has 1 saturated carbocycles. The summed E-state index contributed by atoms with van der Waals surface area (Å²) in [5.41, 5.74) is 5.02. The highest BCUT2D eigenvalue weighted by Crippen LogP contribution is 2.44. The van der Waals surface area contributed by atoms with Crippen molar-refractivity contribution in [1.82, 2.24) is 9.88 Å². The van der Waals surface area contributed by atoms with E-state index in [-0.39, 0.29) is 79.6 Å². The number of fused-ring (bicyclic) bond motifs is 1. The Kier molecular flexibility index (Phi) is 11.4. The molecule has 0 radical (unpaired) electrons. The molecule has 240 valence electrons. The molecule has 5 N–H and O–H groups in total. The molecule has 0 spiro atoms. The monoisotopic (exact) mass is 640 g/mol. The number of rotatable bonds is 13. The molecule has 1 amide bonds. The quantitative estimate of drug-likeness (QED) is 0.254. The average Bonchev–Trinajstić information content (AvgIpc) is 3.82. The smallest absolute Gasteiger partial charge is 0.341 e. The maximum absolute atomic E-state index is 15.6. The number of nitrogens with one attached hydrogen (secondary N) is 1. The van der Waals surface area contributed by atoms with Gasteiger partial charge in [-0.05, 0) is 43.7 Å². The van der Waals surface area contributed by atoms with E-state index in [1.54, 1.807) is 9.47 Å². The van der Waals surface area contributed by atoms with Crippen molar-refractivity contribution in [3.8, 4) is 5.75 Å². The highest BCUT2D eigenvalue weighted by Gasteiger charge is 2.32. The summed E-state index contributed by atoms with van der Waals surface area (Å²) in [6.07, 6.45) is 2.85. The van der Waals surface area contributed by atoms with Gasteiger partial charge in [-0.3, -0.25) is 19.2 Å². The van der Waals surface area contributed by atoms with Crippen molar-refractivity contribution in [2.75, 3.05) is 31.6 Å². The van der Waals surface area contributed by atoms with Crippen LogP contribution < -0.4 is 26.1 Å². The number of aromatic carboxylic acids is 1. The van der Waals surface area contributed by atoms with Crippen LogP contribution in [-0.2, 0) is 14.4 Å². The van der Waals surface area contributed by atoms with Gasteiger partial charge in [-0.15, -0.1) is 12.4 Å². The molecule has 44 heavy (non-hydrogen) atoms. The van der Waals surface area contributed by atoms with E-state index in [0.717, 1.165) is 18.9 Å². The predicted molar refractivity (Wildman–Crippen MR) is 159 cm³/mol. The number of anilines is 1. The van der Waals surface area contributed by atoms with Gasteiger partial charge in [-0.1, -0.05) is 0 Å². The average molecular weight is 641 g/mol. The van der Waals surface area contributed by atoms with Gasteiger partial charge in [0.25, 0.3) is 0 Å². The molecular formula is C29H35ClF2N4O8. The molecule has 2 aliphatic rings. The zero-order valence-corrected chi connectivity index (χ0v) is 24.9. The van der Waals surface area contributed by atoms with Crippen LogP contribution in [0, 0.1) is 5.82 Å². The summed E-state index contributed by atoms with van der Waals surface area (Å²) in [6.45, 7) is -0.00148. The number of Topliss-reactive ketones (excluding diaryl/α,β-unsaturated/α-hetero) is 1. The summed E-state index contributed by atoms with van der Waals surface area (Å²) >= 11 is 0. The highest BCUT2D eigenvalue weighted by molar-refractivity contribution is 5.97. The number of allylic oxidation sites excluding steroid dienone is 1. The second-order valence-corrected chi connectivity index (χ2v) is 10.8. The Morgan fingerprint density at radius 2 is 1.89 bits per heavy atom. The fraction of sp³-hybridized carbons (Fsp3) is 0.483. The number of hydrogen-bond donors (Lipinski definition) is 4. The number of piperidine rings is 1. The molecule has 2 heterocycles. The second kappa shape index (κ2) is 14.6. The Morgan fingerprint density at radius 3 is 2.50 bits per heavy atom. The Labute approximate surface area is 257 Å². The van der Waals surface area contributed by atoms with E-state index in [0.29, 0.717) is 25.0 Å². The topological polar surface area (TPSA) is 181 Å². The summed E-state index contributed by atoms with van der Waals surface area (Å²) in [4.78, 5) is 61.1. The minimum atomic E-state index is -1.41. The van der Waals surface area contributed by atoms with Crippen molar-refractivity contribution in [2.24, 2.45) is 5.73 Å². The lowest BCUT2D eigenvalue weighted by molar-refractivity contribution is -0.137. The number of aliphatic carboxylic acids is 1. The minimum Gasteiger partial charge on any atom is -0.492 e.